The Balaban J connectivity index is 1.71. The molecule has 1 unspecified atom stereocenters. The Bertz CT molecular complexity index is 896. The van der Waals surface area contributed by atoms with Crippen LogP contribution in [0.3, 0.4) is 0 Å². The molecular formula is C18H18N4O2. The summed E-state index contributed by atoms with van der Waals surface area (Å²) in [7, 11) is 1.90. The molecule has 0 saturated heterocycles. The largest absolute Gasteiger partial charge is 0.361 e. The van der Waals surface area contributed by atoms with Gasteiger partial charge in [-0.15, -0.1) is 0 Å². The smallest absolute Gasteiger partial charge is 0.276 e. The van der Waals surface area contributed by atoms with Crippen molar-refractivity contribution in [3.05, 3.63) is 70.9 Å². The molecule has 3 aromatic rings. The number of fused-ring (bicyclic) bond motifs is 1. The second-order valence-electron chi connectivity index (χ2n) is 6.21. The summed E-state index contributed by atoms with van der Waals surface area (Å²) in [6, 6.07) is 9.94. The lowest BCUT2D eigenvalue weighted by Gasteiger charge is -2.34. The van der Waals surface area contributed by atoms with Crippen molar-refractivity contribution >= 4 is 5.91 Å². The number of rotatable bonds is 2. The van der Waals surface area contributed by atoms with Gasteiger partial charge in [0, 0.05) is 38.3 Å². The fraction of sp³-hybridized carbons (Fsp3) is 0.278. The van der Waals surface area contributed by atoms with Crippen molar-refractivity contribution in [3.8, 4) is 0 Å². The maximum atomic E-state index is 12.8. The van der Waals surface area contributed by atoms with Crippen molar-refractivity contribution < 1.29 is 9.32 Å². The fourth-order valence-electron chi connectivity index (χ4n) is 3.30. The van der Waals surface area contributed by atoms with Crippen LogP contribution in [0.1, 0.15) is 38.9 Å². The van der Waals surface area contributed by atoms with Crippen molar-refractivity contribution in [3.63, 3.8) is 0 Å². The SMILES string of the molecule is Cc1cc(C(=O)N2Cc3ccccc3C(c3cnn(C)c3)C2)no1. The van der Waals surface area contributed by atoms with Crippen molar-refractivity contribution in [1.29, 1.82) is 0 Å². The molecule has 0 bridgehead atoms. The van der Waals surface area contributed by atoms with Crippen molar-refractivity contribution in [2.45, 2.75) is 19.4 Å². The molecule has 122 valence electrons. The van der Waals surface area contributed by atoms with E-state index in [0.29, 0.717) is 24.5 Å². The summed E-state index contributed by atoms with van der Waals surface area (Å²) in [6.07, 6.45) is 3.88. The third-order valence-corrected chi connectivity index (χ3v) is 4.46. The van der Waals surface area contributed by atoms with Crippen molar-refractivity contribution in [1.82, 2.24) is 19.8 Å². The number of benzene rings is 1. The normalized spacial score (nSPS) is 16.9. The summed E-state index contributed by atoms with van der Waals surface area (Å²) < 4.78 is 6.84. The average molecular weight is 322 g/mol. The van der Waals surface area contributed by atoms with Gasteiger partial charge in [-0.25, -0.2) is 0 Å². The van der Waals surface area contributed by atoms with Gasteiger partial charge >= 0.3 is 0 Å². The summed E-state index contributed by atoms with van der Waals surface area (Å²) in [5.41, 5.74) is 3.88. The minimum Gasteiger partial charge on any atom is -0.361 e. The summed E-state index contributed by atoms with van der Waals surface area (Å²) in [6.45, 7) is 2.97. The number of amides is 1. The van der Waals surface area contributed by atoms with Crippen LogP contribution >= 0.6 is 0 Å². The van der Waals surface area contributed by atoms with E-state index < -0.39 is 0 Å². The molecule has 1 amide bonds. The molecule has 0 saturated carbocycles. The quantitative estimate of drug-likeness (QED) is 0.727. The molecule has 2 aromatic heterocycles. The minimum absolute atomic E-state index is 0.102. The lowest BCUT2D eigenvalue weighted by atomic mass is 9.86. The zero-order chi connectivity index (χ0) is 16.7. The predicted octanol–water partition coefficient (Wildman–Crippen LogP) is 2.50. The highest BCUT2D eigenvalue weighted by Crippen LogP contribution is 2.33. The number of nitrogens with zero attached hydrogens (tertiary/aromatic N) is 4. The molecule has 0 aliphatic carbocycles. The number of aromatic nitrogens is 3. The summed E-state index contributed by atoms with van der Waals surface area (Å²) in [5, 5.41) is 8.15. The lowest BCUT2D eigenvalue weighted by Crippen LogP contribution is -2.38. The van der Waals surface area contributed by atoms with E-state index in [2.05, 4.69) is 22.4 Å². The van der Waals surface area contributed by atoms with E-state index >= 15 is 0 Å². The van der Waals surface area contributed by atoms with Crippen LogP contribution in [0.25, 0.3) is 0 Å². The molecule has 1 aromatic carbocycles. The second-order valence-corrected chi connectivity index (χ2v) is 6.21. The van der Waals surface area contributed by atoms with Gasteiger partial charge in [-0.3, -0.25) is 9.48 Å². The Hall–Kier alpha value is -2.89. The van der Waals surface area contributed by atoms with Gasteiger partial charge in [0.05, 0.1) is 6.20 Å². The molecule has 0 spiro atoms. The first-order valence-electron chi connectivity index (χ1n) is 7.91. The van der Waals surface area contributed by atoms with E-state index in [1.807, 2.05) is 36.5 Å². The second kappa shape index (κ2) is 5.63. The third kappa shape index (κ3) is 2.50. The average Bonchev–Trinajstić information content (AvgIpc) is 3.21. The van der Waals surface area contributed by atoms with E-state index in [-0.39, 0.29) is 11.8 Å². The molecule has 3 heterocycles. The van der Waals surface area contributed by atoms with Gasteiger partial charge in [-0.2, -0.15) is 5.10 Å². The highest BCUT2D eigenvalue weighted by Gasteiger charge is 2.31. The molecule has 0 N–H and O–H groups in total. The highest BCUT2D eigenvalue weighted by molar-refractivity contribution is 5.92. The summed E-state index contributed by atoms with van der Waals surface area (Å²) in [4.78, 5) is 14.6. The molecule has 4 rings (SSSR count). The van der Waals surface area contributed by atoms with Crippen LogP contribution in [0.2, 0.25) is 0 Å². The maximum Gasteiger partial charge on any atom is 0.276 e. The number of carbonyl (C=O) groups excluding carboxylic acids is 1. The van der Waals surface area contributed by atoms with Crippen LogP contribution in [-0.4, -0.2) is 32.3 Å². The number of hydrogen-bond acceptors (Lipinski definition) is 4. The van der Waals surface area contributed by atoms with Gasteiger partial charge in [-0.1, -0.05) is 29.4 Å². The molecule has 0 fully saturated rings. The van der Waals surface area contributed by atoms with Gasteiger partial charge in [0.2, 0.25) is 0 Å². The summed E-state index contributed by atoms with van der Waals surface area (Å²) in [5.74, 6) is 0.649. The standard InChI is InChI=1S/C18H18N4O2/c1-12-7-17(20-24-12)18(23)22-10-13-5-3-4-6-15(13)16(11-22)14-8-19-21(2)9-14/h3-9,16H,10-11H2,1-2H3. The van der Waals surface area contributed by atoms with Gasteiger partial charge < -0.3 is 9.42 Å². The molecule has 1 aliphatic heterocycles. The highest BCUT2D eigenvalue weighted by atomic mass is 16.5. The van der Waals surface area contributed by atoms with E-state index in [1.54, 1.807) is 17.7 Å². The maximum absolute atomic E-state index is 12.8. The Morgan fingerprint density at radius 1 is 1.33 bits per heavy atom. The first-order valence-corrected chi connectivity index (χ1v) is 7.91. The van der Waals surface area contributed by atoms with Crippen molar-refractivity contribution in [2.75, 3.05) is 6.54 Å². The van der Waals surface area contributed by atoms with E-state index in [1.165, 1.54) is 5.56 Å². The Morgan fingerprint density at radius 2 is 2.17 bits per heavy atom. The van der Waals surface area contributed by atoms with Crippen LogP contribution in [0, 0.1) is 6.92 Å². The topological polar surface area (TPSA) is 64.2 Å². The fourth-order valence-corrected chi connectivity index (χ4v) is 3.30. The molecule has 6 nitrogen and oxygen atoms in total. The number of aryl methyl sites for hydroxylation is 2. The number of carbonyl (C=O) groups is 1. The van der Waals surface area contributed by atoms with E-state index in [9.17, 15) is 4.79 Å². The van der Waals surface area contributed by atoms with Gasteiger partial charge in [0.25, 0.3) is 5.91 Å². The van der Waals surface area contributed by atoms with E-state index in [0.717, 1.165) is 11.1 Å². The van der Waals surface area contributed by atoms with Crippen molar-refractivity contribution in [2.24, 2.45) is 7.05 Å². The number of hydrogen-bond donors (Lipinski definition) is 0. The molecule has 1 atom stereocenters. The Labute approximate surface area is 139 Å². The lowest BCUT2D eigenvalue weighted by molar-refractivity contribution is 0.0714. The van der Waals surface area contributed by atoms with E-state index in [4.69, 9.17) is 4.52 Å². The zero-order valence-electron chi connectivity index (χ0n) is 13.6. The molecule has 6 heteroatoms. The first-order chi connectivity index (χ1) is 11.6. The van der Waals surface area contributed by atoms with Crippen LogP contribution < -0.4 is 0 Å². The van der Waals surface area contributed by atoms with Crippen LogP contribution in [0.15, 0.2) is 47.2 Å². The van der Waals surface area contributed by atoms with Crippen LogP contribution in [-0.2, 0) is 13.6 Å². The summed E-state index contributed by atoms with van der Waals surface area (Å²) >= 11 is 0. The predicted molar refractivity (Wildman–Crippen MR) is 87.5 cm³/mol. The molecule has 0 radical (unpaired) electrons. The van der Waals surface area contributed by atoms with Gasteiger partial charge in [0.1, 0.15) is 5.76 Å². The third-order valence-electron chi connectivity index (χ3n) is 4.46. The molecule has 24 heavy (non-hydrogen) atoms. The monoisotopic (exact) mass is 322 g/mol. The first kappa shape index (κ1) is 14.7. The van der Waals surface area contributed by atoms with Crippen LogP contribution in [0.5, 0.6) is 0 Å². The minimum atomic E-state index is -0.102. The van der Waals surface area contributed by atoms with Gasteiger partial charge in [0.15, 0.2) is 5.69 Å². The molecular weight excluding hydrogens is 304 g/mol. The zero-order valence-corrected chi connectivity index (χ0v) is 13.6. The Kier molecular flexibility index (Phi) is 3.45. The molecule has 1 aliphatic rings. The van der Waals surface area contributed by atoms with Gasteiger partial charge in [-0.05, 0) is 23.6 Å². The Morgan fingerprint density at radius 3 is 2.88 bits per heavy atom. The van der Waals surface area contributed by atoms with Crippen LogP contribution in [0.4, 0.5) is 0 Å².